The van der Waals surface area contributed by atoms with E-state index in [4.69, 9.17) is 0 Å². The monoisotopic (exact) mass is 222 g/mol. The van der Waals surface area contributed by atoms with Crippen molar-refractivity contribution in [3.8, 4) is 0 Å². The van der Waals surface area contributed by atoms with Crippen LogP contribution in [0.1, 0.15) is 22.5 Å². The zero-order valence-corrected chi connectivity index (χ0v) is 9.79. The number of aryl methyl sites for hydroxylation is 1. The van der Waals surface area contributed by atoms with Crippen molar-refractivity contribution in [1.82, 2.24) is 20.4 Å². The molecule has 1 aromatic rings. The fourth-order valence-corrected chi connectivity index (χ4v) is 2.10. The van der Waals surface area contributed by atoms with Gasteiger partial charge in [0.2, 0.25) is 0 Å². The quantitative estimate of drug-likeness (QED) is 0.778. The van der Waals surface area contributed by atoms with E-state index in [1.165, 1.54) is 6.42 Å². The summed E-state index contributed by atoms with van der Waals surface area (Å²) in [5.74, 6) is 0.557. The van der Waals surface area contributed by atoms with Crippen LogP contribution in [0, 0.1) is 12.8 Å². The molecule has 1 atom stereocenters. The Bertz CT molecular complexity index is 374. The lowest BCUT2D eigenvalue weighted by molar-refractivity contribution is 0.0947. The fourth-order valence-electron chi connectivity index (χ4n) is 2.10. The van der Waals surface area contributed by atoms with Crippen molar-refractivity contribution in [2.45, 2.75) is 13.3 Å². The van der Waals surface area contributed by atoms with Crippen LogP contribution in [0.5, 0.6) is 0 Å². The number of nitrogens with zero attached hydrogens (tertiary/aromatic N) is 2. The molecule has 1 aliphatic heterocycles. The van der Waals surface area contributed by atoms with Gasteiger partial charge in [-0.3, -0.25) is 9.89 Å². The summed E-state index contributed by atoms with van der Waals surface area (Å²) in [5.41, 5.74) is 1.47. The van der Waals surface area contributed by atoms with Crippen molar-refractivity contribution in [3.05, 3.63) is 17.5 Å². The number of nitrogens with one attached hydrogen (secondary N) is 2. The molecule has 0 aromatic carbocycles. The van der Waals surface area contributed by atoms with Gasteiger partial charge in [-0.1, -0.05) is 0 Å². The molecule has 0 bridgehead atoms. The van der Waals surface area contributed by atoms with Gasteiger partial charge in [-0.25, -0.2) is 0 Å². The van der Waals surface area contributed by atoms with Crippen molar-refractivity contribution in [3.63, 3.8) is 0 Å². The Balaban J connectivity index is 1.82. The van der Waals surface area contributed by atoms with Crippen LogP contribution in [0.15, 0.2) is 6.20 Å². The normalized spacial score (nSPS) is 21.2. The van der Waals surface area contributed by atoms with E-state index in [-0.39, 0.29) is 5.91 Å². The number of carbonyl (C=O) groups excluding carboxylic acids is 1. The lowest BCUT2D eigenvalue weighted by Gasteiger charge is -2.11. The molecule has 88 valence electrons. The summed E-state index contributed by atoms with van der Waals surface area (Å²) in [6.45, 7) is 4.81. The van der Waals surface area contributed by atoms with E-state index < -0.39 is 0 Å². The number of hydrogen-bond donors (Lipinski definition) is 2. The molecule has 1 aromatic heterocycles. The molecule has 16 heavy (non-hydrogen) atoms. The molecule has 0 spiro atoms. The summed E-state index contributed by atoms with van der Waals surface area (Å²) < 4.78 is 0. The molecule has 5 heteroatoms. The van der Waals surface area contributed by atoms with Crippen molar-refractivity contribution in [2.24, 2.45) is 5.92 Å². The Morgan fingerprint density at radius 3 is 3.12 bits per heavy atom. The van der Waals surface area contributed by atoms with E-state index >= 15 is 0 Å². The highest BCUT2D eigenvalue weighted by Crippen LogP contribution is 2.13. The SMILES string of the molecule is Cc1[nH]ncc1C(=O)NCC1CCN(C)C1. The second-order valence-electron chi connectivity index (χ2n) is 4.54. The van der Waals surface area contributed by atoms with Crippen molar-refractivity contribution < 1.29 is 4.79 Å². The first-order valence-corrected chi connectivity index (χ1v) is 5.63. The van der Waals surface area contributed by atoms with Crippen LogP contribution >= 0.6 is 0 Å². The fraction of sp³-hybridized carbons (Fsp3) is 0.636. The third-order valence-corrected chi connectivity index (χ3v) is 3.11. The van der Waals surface area contributed by atoms with Gasteiger partial charge >= 0.3 is 0 Å². The van der Waals surface area contributed by atoms with Gasteiger partial charge in [0.1, 0.15) is 0 Å². The average Bonchev–Trinajstić information content (AvgIpc) is 2.84. The Hall–Kier alpha value is -1.36. The minimum absolute atomic E-state index is 0.0270. The van der Waals surface area contributed by atoms with Crippen LogP contribution in [0.25, 0.3) is 0 Å². The van der Waals surface area contributed by atoms with E-state index in [0.717, 1.165) is 25.3 Å². The average molecular weight is 222 g/mol. The smallest absolute Gasteiger partial charge is 0.254 e. The van der Waals surface area contributed by atoms with Crippen molar-refractivity contribution in [1.29, 1.82) is 0 Å². The summed E-state index contributed by atoms with van der Waals surface area (Å²) in [6, 6.07) is 0. The Kier molecular flexibility index (Phi) is 3.24. The molecule has 0 saturated carbocycles. The van der Waals surface area contributed by atoms with Crippen LogP contribution in [0.2, 0.25) is 0 Å². The third kappa shape index (κ3) is 2.41. The number of aromatic amines is 1. The molecule has 0 radical (unpaired) electrons. The number of rotatable bonds is 3. The Labute approximate surface area is 95.2 Å². The summed E-state index contributed by atoms with van der Waals surface area (Å²) in [4.78, 5) is 14.1. The summed E-state index contributed by atoms with van der Waals surface area (Å²) >= 11 is 0. The molecule has 1 saturated heterocycles. The van der Waals surface area contributed by atoms with Gasteiger partial charge in [0.05, 0.1) is 11.8 Å². The zero-order chi connectivity index (χ0) is 11.5. The molecule has 2 rings (SSSR count). The highest BCUT2D eigenvalue weighted by atomic mass is 16.1. The van der Waals surface area contributed by atoms with Gasteiger partial charge in [0.25, 0.3) is 5.91 Å². The van der Waals surface area contributed by atoms with Gasteiger partial charge in [0.15, 0.2) is 0 Å². The minimum atomic E-state index is -0.0270. The molecule has 1 unspecified atom stereocenters. The molecular formula is C11H18N4O. The van der Waals surface area contributed by atoms with Crippen LogP contribution in [0.3, 0.4) is 0 Å². The first-order chi connectivity index (χ1) is 7.66. The molecule has 1 aliphatic rings. The highest BCUT2D eigenvalue weighted by Gasteiger charge is 2.20. The highest BCUT2D eigenvalue weighted by molar-refractivity contribution is 5.94. The first-order valence-electron chi connectivity index (χ1n) is 5.63. The van der Waals surface area contributed by atoms with Crippen molar-refractivity contribution >= 4 is 5.91 Å². The second kappa shape index (κ2) is 4.65. The zero-order valence-electron chi connectivity index (χ0n) is 9.79. The molecular weight excluding hydrogens is 204 g/mol. The predicted molar refractivity (Wildman–Crippen MR) is 61.3 cm³/mol. The Morgan fingerprint density at radius 2 is 2.56 bits per heavy atom. The maximum atomic E-state index is 11.8. The Morgan fingerprint density at radius 1 is 1.75 bits per heavy atom. The van der Waals surface area contributed by atoms with E-state index in [0.29, 0.717) is 11.5 Å². The summed E-state index contributed by atoms with van der Waals surface area (Å²) in [7, 11) is 2.11. The van der Waals surface area contributed by atoms with Gasteiger partial charge in [-0.15, -0.1) is 0 Å². The van der Waals surface area contributed by atoms with Gasteiger partial charge < -0.3 is 10.2 Å². The number of likely N-dealkylation sites (tertiary alicyclic amines) is 1. The van der Waals surface area contributed by atoms with Crippen LogP contribution in [-0.2, 0) is 0 Å². The maximum absolute atomic E-state index is 11.8. The molecule has 1 fully saturated rings. The largest absolute Gasteiger partial charge is 0.352 e. The van der Waals surface area contributed by atoms with Crippen LogP contribution in [-0.4, -0.2) is 47.7 Å². The lowest BCUT2D eigenvalue weighted by atomic mass is 10.1. The third-order valence-electron chi connectivity index (χ3n) is 3.11. The number of amides is 1. The summed E-state index contributed by atoms with van der Waals surface area (Å²) in [5, 5.41) is 9.57. The van der Waals surface area contributed by atoms with E-state index in [9.17, 15) is 4.79 Å². The molecule has 2 N–H and O–H groups in total. The van der Waals surface area contributed by atoms with Crippen molar-refractivity contribution in [2.75, 3.05) is 26.7 Å². The van der Waals surface area contributed by atoms with E-state index in [1.54, 1.807) is 6.20 Å². The number of H-pyrrole nitrogens is 1. The topological polar surface area (TPSA) is 61.0 Å². The lowest BCUT2D eigenvalue weighted by Crippen LogP contribution is -2.30. The van der Waals surface area contributed by atoms with Crippen LogP contribution < -0.4 is 5.32 Å². The number of aromatic nitrogens is 2. The maximum Gasteiger partial charge on any atom is 0.254 e. The first kappa shape index (κ1) is 11.1. The minimum Gasteiger partial charge on any atom is -0.352 e. The van der Waals surface area contributed by atoms with E-state index in [2.05, 4.69) is 27.5 Å². The molecule has 0 aliphatic carbocycles. The molecule has 1 amide bonds. The number of hydrogen-bond acceptors (Lipinski definition) is 3. The van der Waals surface area contributed by atoms with Crippen LogP contribution in [0.4, 0.5) is 0 Å². The van der Waals surface area contributed by atoms with E-state index in [1.807, 2.05) is 6.92 Å². The predicted octanol–water partition coefficient (Wildman–Crippen LogP) is 0.400. The number of carbonyl (C=O) groups is 1. The second-order valence-corrected chi connectivity index (χ2v) is 4.54. The standard InChI is InChI=1S/C11H18N4O/c1-8-10(6-13-14-8)11(16)12-5-9-3-4-15(2)7-9/h6,9H,3-5,7H2,1-2H3,(H,12,16)(H,13,14). The summed E-state index contributed by atoms with van der Waals surface area (Å²) in [6.07, 6.45) is 2.74. The van der Waals surface area contributed by atoms with Gasteiger partial charge in [-0.05, 0) is 32.9 Å². The van der Waals surface area contributed by atoms with Gasteiger partial charge in [0, 0.05) is 18.8 Å². The molecule has 5 nitrogen and oxygen atoms in total. The van der Waals surface area contributed by atoms with Gasteiger partial charge in [-0.2, -0.15) is 5.10 Å². The molecule has 2 heterocycles.